The van der Waals surface area contributed by atoms with Crippen LogP contribution >= 0.6 is 23.5 Å². The minimum atomic E-state index is -0.736. The average Bonchev–Trinajstić information content (AvgIpc) is 2.68. The third-order valence-electron chi connectivity index (χ3n) is 3.28. The predicted molar refractivity (Wildman–Crippen MR) is 76.8 cm³/mol. The molecule has 1 atom stereocenters. The van der Waals surface area contributed by atoms with Gasteiger partial charge in [-0.3, -0.25) is 0 Å². The summed E-state index contributed by atoms with van der Waals surface area (Å²) in [4.78, 5) is 11.4. The van der Waals surface area contributed by atoms with Gasteiger partial charge in [-0.2, -0.15) is 0 Å². The Labute approximate surface area is 117 Å². The summed E-state index contributed by atoms with van der Waals surface area (Å²) in [6, 6.07) is 0. The van der Waals surface area contributed by atoms with E-state index in [2.05, 4.69) is 13.8 Å². The quantitative estimate of drug-likeness (QED) is 0.638. The zero-order valence-corrected chi connectivity index (χ0v) is 12.5. The number of esters is 1. The van der Waals surface area contributed by atoms with Crippen molar-refractivity contribution in [3.8, 4) is 0 Å². The molecule has 0 aromatic heterocycles. The fraction of sp³-hybridized carbons (Fsp3) is 0.769. The first-order valence-corrected chi connectivity index (χ1v) is 8.39. The molecule has 0 bridgehead atoms. The molecule has 2 heterocycles. The van der Waals surface area contributed by atoms with Gasteiger partial charge in [0, 0.05) is 0 Å². The van der Waals surface area contributed by atoms with Gasteiger partial charge in [-0.25, -0.2) is 4.79 Å². The Bertz CT molecular complexity index is 346. The topological polar surface area (TPSA) is 46.5 Å². The summed E-state index contributed by atoms with van der Waals surface area (Å²) in [5.74, 6) is 2.09. The molecule has 3 nitrogen and oxygen atoms in total. The van der Waals surface area contributed by atoms with E-state index in [4.69, 9.17) is 4.74 Å². The highest BCUT2D eigenvalue weighted by Crippen LogP contribution is 2.44. The third kappa shape index (κ3) is 3.25. The van der Waals surface area contributed by atoms with Crippen LogP contribution in [-0.2, 0) is 9.53 Å². The molecule has 18 heavy (non-hydrogen) atoms. The van der Waals surface area contributed by atoms with Crippen molar-refractivity contribution < 1.29 is 14.6 Å². The van der Waals surface area contributed by atoms with Gasteiger partial charge in [-0.05, 0) is 29.8 Å². The minimum absolute atomic E-state index is 0.109. The molecule has 0 aliphatic carbocycles. The molecule has 2 rings (SSSR count). The molecule has 0 unspecified atom stereocenters. The lowest BCUT2D eigenvalue weighted by Crippen LogP contribution is -2.26. The van der Waals surface area contributed by atoms with Gasteiger partial charge in [-0.15, -0.1) is 23.5 Å². The highest BCUT2D eigenvalue weighted by Gasteiger charge is 2.33. The van der Waals surface area contributed by atoms with Crippen molar-refractivity contribution in [3.63, 3.8) is 0 Å². The largest absolute Gasteiger partial charge is 0.459 e. The number of cyclic esters (lactones) is 1. The van der Waals surface area contributed by atoms with Gasteiger partial charge in [0.15, 0.2) is 0 Å². The normalized spacial score (nSPS) is 28.7. The number of hydrogen-bond acceptors (Lipinski definition) is 5. The molecule has 2 aliphatic rings. The Balaban J connectivity index is 1.99. The van der Waals surface area contributed by atoms with Crippen LogP contribution in [0.2, 0.25) is 0 Å². The molecule has 5 heteroatoms. The number of allylic oxidation sites excluding steroid dienone is 1. The Morgan fingerprint density at radius 1 is 1.44 bits per heavy atom. The lowest BCUT2D eigenvalue weighted by Gasteiger charge is -2.35. The summed E-state index contributed by atoms with van der Waals surface area (Å²) >= 11 is 4.02. The lowest BCUT2D eigenvalue weighted by molar-refractivity contribution is -0.135. The zero-order chi connectivity index (χ0) is 13.2. The number of carbonyl (C=O) groups excluding carboxylic acids is 1. The molecule has 2 fully saturated rings. The van der Waals surface area contributed by atoms with Crippen molar-refractivity contribution in [2.75, 3.05) is 18.1 Å². The number of rotatable bonds is 3. The predicted octanol–water partition coefficient (Wildman–Crippen LogP) is 2.44. The van der Waals surface area contributed by atoms with Crippen molar-refractivity contribution in [3.05, 3.63) is 11.6 Å². The zero-order valence-electron chi connectivity index (χ0n) is 10.8. The van der Waals surface area contributed by atoms with E-state index < -0.39 is 6.10 Å². The summed E-state index contributed by atoms with van der Waals surface area (Å²) in [6.07, 6.45) is 3.23. The fourth-order valence-electron chi connectivity index (χ4n) is 2.09. The lowest BCUT2D eigenvalue weighted by atomic mass is 9.90. The fourth-order valence-corrected chi connectivity index (χ4v) is 5.38. The van der Waals surface area contributed by atoms with Crippen LogP contribution < -0.4 is 0 Å². The minimum Gasteiger partial charge on any atom is -0.459 e. The van der Waals surface area contributed by atoms with Crippen molar-refractivity contribution in [1.29, 1.82) is 0 Å². The SMILES string of the molecule is CC(C)(C/C=C1/C(=O)OC[C@H]1O)C1SCCCS1. The van der Waals surface area contributed by atoms with Crippen LogP contribution in [0.25, 0.3) is 0 Å². The second-order valence-electron chi connectivity index (χ2n) is 5.39. The maximum Gasteiger partial charge on any atom is 0.336 e. The van der Waals surface area contributed by atoms with E-state index >= 15 is 0 Å². The summed E-state index contributed by atoms with van der Waals surface area (Å²) in [7, 11) is 0. The van der Waals surface area contributed by atoms with Crippen molar-refractivity contribution in [2.24, 2.45) is 5.41 Å². The van der Waals surface area contributed by atoms with Gasteiger partial charge in [0.1, 0.15) is 12.7 Å². The average molecular weight is 288 g/mol. The molecular weight excluding hydrogens is 268 g/mol. The van der Waals surface area contributed by atoms with Gasteiger partial charge >= 0.3 is 5.97 Å². The van der Waals surface area contributed by atoms with Gasteiger partial charge < -0.3 is 9.84 Å². The Morgan fingerprint density at radius 3 is 2.67 bits per heavy atom. The van der Waals surface area contributed by atoms with Crippen LogP contribution in [0.4, 0.5) is 0 Å². The van der Waals surface area contributed by atoms with Gasteiger partial charge in [-0.1, -0.05) is 19.9 Å². The first kappa shape index (κ1) is 14.3. The molecule has 0 spiro atoms. The number of aliphatic hydroxyl groups is 1. The molecule has 0 saturated carbocycles. The number of ether oxygens (including phenoxy) is 1. The van der Waals surface area contributed by atoms with Gasteiger partial charge in [0.05, 0.1) is 10.2 Å². The van der Waals surface area contributed by atoms with Crippen LogP contribution in [0.3, 0.4) is 0 Å². The smallest absolute Gasteiger partial charge is 0.336 e. The summed E-state index contributed by atoms with van der Waals surface area (Å²) < 4.78 is 5.39. The monoisotopic (exact) mass is 288 g/mol. The van der Waals surface area contributed by atoms with Crippen LogP contribution in [0.1, 0.15) is 26.7 Å². The van der Waals surface area contributed by atoms with Crippen molar-refractivity contribution in [1.82, 2.24) is 0 Å². The van der Waals surface area contributed by atoms with Gasteiger partial charge in [0.2, 0.25) is 0 Å². The Kier molecular flexibility index (Phi) is 4.67. The van der Waals surface area contributed by atoms with E-state index in [9.17, 15) is 9.90 Å². The molecule has 0 radical (unpaired) electrons. The Morgan fingerprint density at radius 2 is 2.11 bits per heavy atom. The van der Waals surface area contributed by atoms with Crippen LogP contribution in [0.15, 0.2) is 11.6 Å². The van der Waals surface area contributed by atoms with E-state index in [1.807, 2.05) is 29.6 Å². The molecule has 2 saturated heterocycles. The second-order valence-corrected chi connectivity index (χ2v) is 8.12. The summed E-state index contributed by atoms with van der Waals surface area (Å²) in [5.41, 5.74) is 0.569. The number of aliphatic hydroxyl groups excluding tert-OH is 1. The summed E-state index contributed by atoms with van der Waals surface area (Å²) in [6.45, 7) is 4.57. The first-order valence-electron chi connectivity index (χ1n) is 6.29. The molecule has 0 amide bonds. The highest BCUT2D eigenvalue weighted by atomic mass is 32.2. The van der Waals surface area contributed by atoms with E-state index in [-0.39, 0.29) is 18.0 Å². The van der Waals surface area contributed by atoms with Crippen LogP contribution in [-0.4, -0.2) is 39.9 Å². The number of carbonyl (C=O) groups is 1. The maximum atomic E-state index is 11.4. The molecule has 0 aromatic rings. The number of hydrogen-bond donors (Lipinski definition) is 1. The number of thioether (sulfide) groups is 2. The van der Waals surface area contributed by atoms with Crippen LogP contribution in [0.5, 0.6) is 0 Å². The Hall–Kier alpha value is -0.130. The van der Waals surface area contributed by atoms with E-state index in [1.54, 1.807) is 0 Å². The van der Waals surface area contributed by atoms with Crippen molar-refractivity contribution >= 4 is 29.5 Å². The first-order chi connectivity index (χ1) is 8.50. The molecular formula is C13H20O3S2. The van der Waals surface area contributed by atoms with Crippen LogP contribution in [0, 0.1) is 5.41 Å². The van der Waals surface area contributed by atoms with E-state index in [0.717, 1.165) is 6.42 Å². The van der Waals surface area contributed by atoms with Crippen molar-refractivity contribution in [2.45, 2.75) is 37.4 Å². The van der Waals surface area contributed by atoms with E-state index in [1.165, 1.54) is 17.9 Å². The second kappa shape index (κ2) is 5.88. The molecule has 0 aromatic carbocycles. The summed E-state index contributed by atoms with van der Waals surface area (Å²) in [5, 5.41) is 9.64. The molecule has 1 N–H and O–H groups in total. The third-order valence-corrected chi connectivity index (χ3v) is 7.03. The standard InChI is InChI=1S/C13H20O3S2/c1-13(2,12-17-6-3-7-18-12)5-4-9-10(14)8-16-11(9)15/h4,10,12,14H,3,5-8H2,1-2H3/b9-4+/t10-/m1/s1. The molecule has 102 valence electrons. The van der Waals surface area contributed by atoms with E-state index in [0.29, 0.717) is 10.2 Å². The highest BCUT2D eigenvalue weighted by molar-refractivity contribution is 8.17. The molecule has 2 aliphatic heterocycles. The maximum absolute atomic E-state index is 11.4. The van der Waals surface area contributed by atoms with Gasteiger partial charge in [0.25, 0.3) is 0 Å².